The lowest BCUT2D eigenvalue weighted by Gasteiger charge is -2.30. The molecule has 0 aliphatic rings. The summed E-state index contributed by atoms with van der Waals surface area (Å²) in [5.41, 5.74) is 1.06. The number of hydrogen-bond acceptors (Lipinski definition) is 2. The average Bonchev–Trinajstić information content (AvgIpc) is 2.39. The maximum atomic E-state index is 11.3. The zero-order valence-electron chi connectivity index (χ0n) is 11.4. The molecule has 0 aliphatic carbocycles. The molecule has 0 bridgehead atoms. The fourth-order valence-corrected chi connectivity index (χ4v) is 2.60. The first-order valence-electron chi connectivity index (χ1n) is 6.45. The minimum absolute atomic E-state index is 0.198. The number of carbonyl (C=O) groups excluding carboxylic acids is 1. The van der Waals surface area contributed by atoms with Gasteiger partial charge in [-0.25, -0.2) is 0 Å². The van der Waals surface area contributed by atoms with E-state index in [-0.39, 0.29) is 5.41 Å². The number of hydrogen-bond donors (Lipinski definition) is 0. The fraction of sp³-hybridized carbons (Fsp3) is 0.533. The zero-order valence-corrected chi connectivity index (χ0v) is 13.0. The Hall–Kier alpha value is -0.670. The molecule has 0 spiro atoms. The van der Waals surface area contributed by atoms with E-state index in [1.165, 1.54) is 5.56 Å². The van der Waals surface area contributed by atoms with Crippen LogP contribution in [0.3, 0.4) is 0 Å². The average molecular weight is 312 g/mol. The summed E-state index contributed by atoms with van der Waals surface area (Å²) in [5.74, 6) is 0. The third-order valence-corrected chi connectivity index (χ3v) is 4.41. The summed E-state index contributed by atoms with van der Waals surface area (Å²) in [4.78, 5) is 13.5. The minimum Gasteiger partial charge on any atom is -0.303 e. The van der Waals surface area contributed by atoms with Crippen LogP contribution in [0, 0.1) is 5.41 Å². The number of halogens is 1. The monoisotopic (exact) mass is 311 g/mol. The van der Waals surface area contributed by atoms with Gasteiger partial charge >= 0.3 is 0 Å². The van der Waals surface area contributed by atoms with E-state index in [1.54, 1.807) is 0 Å². The second-order valence-electron chi connectivity index (χ2n) is 4.95. The Bertz CT molecular complexity index is 388. The van der Waals surface area contributed by atoms with Crippen molar-refractivity contribution >= 4 is 22.2 Å². The first-order valence-corrected chi connectivity index (χ1v) is 7.24. The summed E-state index contributed by atoms with van der Waals surface area (Å²) in [7, 11) is 2.07. The lowest BCUT2D eigenvalue weighted by Crippen LogP contribution is -2.35. The van der Waals surface area contributed by atoms with Crippen molar-refractivity contribution in [2.24, 2.45) is 5.41 Å². The molecule has 1 aromatic carbocycles. The van der Waals surface area contributed by atoms with E-state index in [0.717, 1.165) is 36.7 Å². The maximum absolute atomic E-state index is 11.3. The summed E-state index contributed by atoms with van der Waals surface area (Å²) in [6.07, 6.45) is 2.92. The van der Waals surface area contributed by atoms with Gasteiger partial charge in [0, 0.05) is 23.0 Å². The van der Waals surface area contributed by atoms with E-state index >= 15 is 0 Å². The van der Waals surface area contributed by atoms with Crippen LogP contribution in [-0.2, 0) is 11.3 Å². The smallest absolute Gasteiger partial charge is 0.127 e. The standard InChI is InChI=1S/C15H22BrNO/c1-4-15(5-2,12-18)11-17(3)10-13-8-6-7-9-14(13)16/h6-9,12H,4-5,10-11H2,1-3H3. The molecule has 0 unspecified atom stereocenters. The van der Waals surface area contributed by atoms with Crippen molar-refractivity contribution in [2.45, 2.75) is 33.2 Å². The van der Waals surface area contributed by atoms with Gasteiger partial charge in [0.15, 0.2) is 0 Å². The molecule has 100 valence electrons. The number of benzene rings is 1. The molecule has 0 aliphatic heterocycles. The molecule has 0 radical (unpaired) electrons. The van der Waals surface area contributed by atoms with Gasteiger partial charge in [0.2, 0.25) is 0 Å². The molecule has 1 rings (SSSR count). The van der Waals surface area contributed by atoms with Crippen LogP contribution in [0.15, 0.2) is 28.7 Å². The Morgan fingerprint density at radius 2 is 1.89 bits per heavy atom. The second kappa shape index (κ2) is 7.05. The molecule has 2 nitrogen and oxygen atoms in total. The van der Waals surface area contributed by atoms with E-state index in [9.17, 15) is 4.79 Å². The van der Waals surface area contributed by atoms with Gasteiger partial charge < -0.3 is 9.69 Å². The van der Waals surface area contributed by atoms with Gasteiger partial charge in [-0.05, 0) is 31.5 Å². The molecule has 0 aromatic heterocycles. The molecule has 0 amide bonds. The number of rotatable bonds is 7. The Morgan fingerprint density at radius 1 is 1.28 bits per heavy atom. The van der Waals surface area contributed by atoms with Crippen molar-refractivity contribution in [1.29, 1.82) is 0 Å². The predicted octanol–water partition coefficient (Wildman–Crippen LogP) is 3.89. The highest BCUT2D eigenvalue weighted by molar-refractivity contribution is 9.10. The van der Waals surface area contributed by atoms with Crippen LogP contribution in [0.5, 0.6) is 0 Å². The topological polar surface area (TPSA) is 20.3 Å². The summed E-state index contributed by atoms with van der Waals surface area (Å²) in [5, 5.41) is 0. The van der Waals surface area contributed by atoms with Gasteiger partial charge in [-0.15, -0.1) is 0 Å². The van der Waals surface area contributed by atoms with Crippen LogP contribution in [-0.4, -0.2) is 24.8 Å². The van der Waals surface area contributed by atoms with Crippen LogP contribution >= 0.6 is 15.9 Å². The number of nitrogens with zero attached hydrogens (tertiary/aromatic N) is 1. The Balaban J connectivity index is 2.69. The molecule has 0 heterocycles. The molecule has 18 heavy (non-hydrogen) atoms. The minimum atomic E-state index is -0.198. The molecular formula is C15H22BrNO. The van der Waals surface area contributed by atoms with E-state index in [2.05, 4.69) is 53.9 Å². The lowest BCUT2D eigenvalue weighted by atomic mass is 9.83. The third kappa shape index (κ3) is 3.92. The first kappa shape index (κ1) is 15.4. The quantitative estimate of drug-likeness (QED) is 0.712. The lowest BCUT2D eigenvalue weighted by molar-refractivity contribution is -0.117. The summed E-state index contributed by atoms with van der Waals surface area (Å²) >= 11 is 3.56. The highest BCUT2D eigenvalue weighted by Gasteiger charge is 2.27. The number of carbonyl (C=O) groups is 1. The van der Waals surface area contributed by atoms with E-state index in [1.807, 2.05) is 12.1 Å². The van der Waals surface area contributed by atoms with Crippen LogP contribution < -0.4 is 0 Å². The summed E-state index contributed by atoms with van der Waals surface area (Å²) in [6, 6.07) is 8.22. The Kier molecular flexibility index (Phi) is 6.03. The van der Waals surface area contributed by atoms with E-state index in [0.29, 0.717) is 0 Å². The third-order valence-electron chi connectivity index (χ3n) is 3.64. The number of aldehydes is 1. The van der Waals surface area contributed by atoms with E-state index < -0.39 is 0 Å². The van der Waals surface area contributed by atoms with Gasteiger partial charge in [0.25, 0.3) is 0 Å². The van der Waals surface area contributed by atoms with Gasteiger partial charge in [-0.3, -0.25) is 0 Å². The Labute approximate surface area is 119 Å². The molecule has 3 heteroatoms. The van der Waals surface area contributed by atoms with Gasteiger partial charge in [0.05, 0.1) is 0 Å². The molecule has 0 atom stereocenters. The maximum Gasteiger partial charge on any atom is 0.127 e. The van der Waals surface area contributed by atoms with Crippen molar-refractivity contribution in [1.82, 2.24) is 4.90 Å². The molecule has 1 aromatic rings. The van der Waals surface area contributed by atoms with Crippen molar-refractivity contribution in [3.8, 4) is 0 Å². The SMILES string of the molecule is CCC(C=O)(CC)CN(C)Cc1ccccc1Br. The van der Waals surface area contributed by atoms with Crippen molar-refractivity contribution in [3.63, 3.8) is 0 Å². The predicted molar refractivity (Wildman–Crippen MR) is 79.6 cm³/mol. The molecular weight excluding hydrogens is 290 g/mol. The van der Waals surface area contributed by atoms with Crippen LogP contribution in [0.25, 0.3) is 0 Å². The highest BCUT2D eigenvalue weighted by atomic mass is 79.9. The fourth-order valence-electron chi connectivity index (χ4n) is 2.19. The van der Waals surface area contributed by atoms with Crippen LogP contribution in [0.4, 0.5) is 0 Å². The summed E-state index contributed by atoms with van der Waals surface area (Å²) < 4.78 is 1.13. The van der Waals surface area contributed by atoms with Crippen LogP contribution in [0.2, 0.25) is 0 Å². The van der Waals surface area contributed by atoms with Gasteiger partial charge in [-0.1, -0.05) is 48.0 Å². The molecule has 0 fully saturated rings. The molecule has 0 N–H and O–H groups in total. The largest absolute Gasteiger partial charge is 0.303 e. The molecule has 0 saturated heterocycles. The van der Waals surface area contributed by atoms with Crippen LogP contribution in [0.1, 0.15) is 32.3 Å². The van der Waals surface area contributed by atoms with Gasteiger partial charge in [0.1, 0.15) is 6.29 Å². The van der Waals surface area contributed by atoms with Crippen molar-refractivity contribution in [3.05, 3.63) is 34.3 Å². The first-order chi connectivity index (χ1) is 8.56. The zero-order chi connectivity index (χ0) is 13.6. The van der Waals surface area contributed by atoms with E-state index in [4.69, 9.17) is 0 Å². The van der Waals surface area contributed by atoms with Crippen molar-refractivity contribution in [2.75, 3.05) is 13.6 Å². The normalized spacial score (nSPS) is 11.8. The Morgan fingerprint density at radius 3 is 2.39 bits per heavy atom. The summed E-state index contributed by atoms with van der Waals surface area (Å²) in [6.45, 7) is 5.84. The van der Waals surface area contributed by atoms with Gasteiger partial charge in [-0.2, -0.15) is 0 Å². The molecule has 0 saturated carbocycles. The van der Waals surface area contributed by atoms with Crippen molar-refractivity contribution < 1.29 is 4.79 Å². The second-order valence-corrected chi connectivity index (χ2v) is 5.81. The highest BCUT2D eigenvalue weighted by Crippen LogP contribution is 2.26.